The van der Waals surface area contributed by atoms with Crippen molar-refractivity contribution in [2.24, 2.45) is 7.05 Å². The van der Waals surface area contributed by atoms with Gasteiger partial charge in [-0.05, 0) is 37.8 Å². The maximum atomic E-state index is 13.0. The first kappa shape index (κ1) is 18.4. The third-order valence-electron chi connectivity index (χ3n) is 4.66. The number of aromatic nitrogens is 2. The van der Waals surface area contributed by atoms with Crippen molar-refractivity contribution in [1.29, 1.82) is 0 Å². The van der Waals surface area contributed by atoms with Crippen molar-refractivity contribution in [3.8, 4) is 0 Å². The van der Waals surface area contributed by atoms with Crippen LogP contribution in [0.5, 0.6) is 0 Å². The number of aryl methyl sites for hydroxylation is 2. The molecule has 0 bridgehead atoms. The minimum atomic E-state index is -0.596. The van der Waals surface area contributed by atoms with Crippen LogP contribution in [0.4, 0.5) is 0 Å². The second kappa shape index (κ2) is 7.86. The fourth-order valence-corrected chi connectivity index (χ4v) is 3.25. The standard InChI is InChI=1S/C19H25N3O4/c1-4-8-22(12-16-20-7-9-21(16)3)18(23)17-13(2)11-15(26-19(17)24)14-6-5-10-25-14/h7,9,11,14H,4-6,8,10,12H2,1-3H3. The smallest absolute Gasteiger partial charge is 0.349 e. The predicted molar refractivity (Wildman–Crippen MR) is 95.9 cm³/mol. The summed E-state index contributed by atoms with van der Waals surface area (Å²) in [7, 11) is 1.88. The molecule has 3 heterocycles. The van der Waals surface area contributed by atoms with E-state index in [4.69, 9.17) is 9.15 Å². The molecule has 1 fully saturated rings. The number of hydrogen-bond acceptors (Lipinski definition) is 5. The first-order chi connectivity index (χ1) is 12.5. The SMILES string of the molecule is CCCN(Cc1nccn1C)C(=O)c1c(C)cc(C2CCCO2)oc1=O. The highest BCUT2D eigenvalue weighted by molar-refractivity contribution is 5.95. The van der Waals surface area contributed by atoms with Gasteiger partial charge in [-0.2, -0.15) is 0 Å². The van der Waals surface area contributed by atoms with Gasteiger partial charge in [-0.3, -0.25) is 4.79 Å². The number of rotatable bonds is 6. The van der Waals surface area contributed by atoms with Crippen molar-refractivity contribution in [3.63, 3.8) is 0 Å². The molecule has 0 radical (unpaired) electrons. The van der Waals surface area contributed by atoms with Crippen LogP contribution in [0.1, 0.15) is 59.8 Å². The molecule has 3 rings (SSSR count). The van der Waals surface area contributed by atoms with E-state index < -0.39 is 5.63 Å². The Morgan fingerprint density at radius 3 is 2.85 bits per heavy atom. The molecular weight excluding hydrogens is 334 g/mol. The summed E-state index contributed by atoms with van der Waals surface area (Å²) in [5.74, 6) is 0.956. The summed E-state index contributed by atoms with van der Waals surface area (Å²) in [6, 6.07) is 1.76. The van der Waals surface area contributed by atoms with Gasteiger partial charge >= 0.3 is 5.63 Å². The highest BCUT2D eigenvalue weighted by Gasteiger charge is 2.26. The molecule has 1 atom stereocenters. The van der Waals surface area contributed by atoms with Crippen LogP contribution in [0, 0.1) is 6.92 Å². The molecule has 2 aromatic heterocycles. The normalized spacial score (nSPS) is 16.8. The Hall–Kier alpha value is -2.41. The van der Waals surface area contributed by atoms with Crippen molar-refractivity contribution in [2.75, 3.05) is 13.2 Å². The van der Waals surface area contributed by atoms with Gasteiger partial charge < -0.3 is 18.6 Å². The van der Waals surface area contributed by atoms with Gasteiger partial charge in [-0.15, -0.1) is 0 Å². The molecule has 0 saturated carbocycles. The number of carbonyl (C=O) groups excluding carboxylic acids is 1. The van der Waals surface area contributed by atoms with Crippen LogP contribution in [-0.2, 0) is 18.3 Å². The molecule has 1 aliphatic heterocycles. The molecule has 0 aliphatic carbocycles. The van der Waals surface area contributed by atoms with E-state index in [0.717, 1.165) is 25.1 Å². The molecule has 1 amide bonds. The number of nitrogens with zero attached hydrogens (tertiary/aromatic N) is 3. The van der Waals surface area contributed by atoms with E-state index in [9.17, 15) is 9.59 Å². The van der Waals surface area contributed by atoms with Crippen LogP contribution in [0.2, 0.25) is 0 Å². The third-order valence-corrected chi connectivity index (χ3v) is 4.66. The molecule has 1 unspecified atom stereocenters. The maximum Gasteiger partial charge on any atom is 0.349 e. The molecule has 0 spiro atoms. The van der Waals surface area contributed by atoms with E-state index in [1.165, 1.54) is 0 Å². The van der Waals surface area contributed by atoms with E-state index in [0.29, 0.717) is 31.0 Å². The first-order valence-electron chi connectivity index (χ1n) is 9.03. The molecule has 7 heteroatoms. The molecule has 2 aromatic rings. The van der Waals surface area contributed by atoms with E-state index in [2.05, 4.69) is 4.98 Å². The van der Waals surface area contributed by atoms with Crippen LogP contribution in [0.3, 0.4) is 0 Å². The van der Waals surface area contributed by atoms with Crippen molar-refractivity contribution in [1.82, 2.24) is 14.5 Å². The van der Waals surface area contributed by atoms with Gasteiger partial charge in [-0.25, -0.2) is 9.78 Å². The molecule has 0 aromatic carbocycles. The lowest BCUT2D eigenvalue weighted by molar-refractivity contribution is 0.0723. The fraction of sp³-hybridized carbons (Fsp3) is 0.526. The van der Waals surface area contributed by atoms with Crippen LogP contribution in [0.15, 0.2) is 27.7 Å². The Bertz CT molecular complexity index is 834. The molecule has 26 heavy (non-hydrogen) atoms. The predicted octanol–water partition coefficient (Wildman–Crippen LogP) is 2.59. The average Bonchev–Trinajstić information content (AvgIpc) is 3.26. The fourth-order valence-electron chi connectivity index (χ4n) is 3.25. The van der Waals surface area contributed by atoms with Gasteiger partial charge in [0.1, 0.15) is 23.3 Å². The third kappa shape index (κ3) is 3.72. The first-order valence-corrected chi connectivity index (χ1v) is 9.03. The second-order valence-corrected chi connectivity index (χ2v) is 6.68. The average molecular weight is 359 g/mol. The van der Waals surface area contributed by atoms with Gasteiger partial charge in [-0.1, -0.05) is 6.92 Å². The Labute approximate surface area is 152 Å². The van der Waals surface area contributed by atoms with Crippen molar-refractivity contribution < 1.29 is 13.9 Å². The topological polar surface area (TPSA) is 77.6 Å². The molecule has 1 aliphatic rings. The minimum absolute atomic E-state index is 0.0920. The summed E-state index contributed by atoms with van der Waals surface area (Å²) < 4.78 is 12.9. The summed E-state index contributed by atoms with van der Waals surface area (Å²) in [5, 5.41) is 0. The summed E-state index contributed by atoms with van der Waals surface area (Å²) in [4.78, 5) is 31.5. The van der Waals surface area contributed by atoms with E-state index >= 15 is 0 Å². The summed E-state index contributed by atoms with van der Waals surface area (Å²) in [5.41, 5.74) is 0.119. The molecule has 7 nitrogen and oxygen atoms in total. The number of amides is 1. The molecule has 0 N–H and O–H groups in total. The largest absolute Gasteiger partial charge is 0.424 e. The van der Waals surface area contributed by atoms with E-state index in [-0.39, 0.29) is 17.6 Å². The zero-order chi connectivity index (χ0) is 18.7. The highest BCUT2D eigenvalue weighted by Crippen LogP contribution is 2.28. The summed E-state index contributed by atoms with van der Waals surface area (Å²) >= 11 is 0. The molecule has 1 saturated heterocycles. The highest BCUT2D eigenvalue weighted by atomic mass is 16.5. The van der Waals surface area contributed by atoms with Crippen LogP contribution in [0.25, 0.3) is 0 Å². The lowest BCUT2D eigenvalue weighted by atomic mass is 10.1. The molecule has 140 valence electrons. The quantitative estimate of drug-likeness (QED) is 0.792. The Kier molecular flexibility index (Phi) is 5.56. The van der Waals surface area contributed by atoms with E-state index in [1.807, 2.05) is 24.7 Å². The Morgan fingerprint density at radius 2 is 2.27 bits per heavy atom. The second-order valence-electron chi connectivity index (χ2n) is 6.68. The number of imidazole rings is 1. The zero-order valence-electron chi connectivity index (χ0n) is 15.5. The number of ether oxygens (including phenoxy) is 1. The molecular formula is C19H25N3O4. The van der Waals surface area contributed by atoms with Crippen LogP contribution in [-0.4, -0.2) is 33.5 Å². The minimum Gasteiger partial charge on any atom is -0.424 e. The van der Waals surface area contributed by atoms with Gasteiger partial charge in [0.05, 0.1) is 6.54 Å². The Morgan fingerprint density at radius 1 is 1.46 bits per heavy atom. The van der Waals surface area contributed by atoms with Crippen molar-refractivity contribution >= 4 is 5.91 Å². The van der Waals surface area contributed by atoms with Crippen molar-refractivity contribution in [2.45, 2.75) is 45.8 Å². The van der Waals surface area contributed by atoms with Gasteiger partial charge in [0.2, 0.25) is 0 Å². The van der Waals surface area contributed by atoms with Crippen LogP contribution >= 0.6 is 0 Å². The van der Waals surface area contributed by atoms with Crippen molar-refractivity contribution in [3.05, 3.63) is 51.6 Å². The van der Waals surface area contributed by atoms with Gasteiger partial charge in [0.25, 0.3) is 5.91 Å². The maximum absolute atomic E-state index is 13.0. The number of carbonyl (C=O) groups is 1. The zero-order valence-corrected chi connectivity index (χ0v) is 15.5. The summed E-state index contributed by atoms with van der Waals surface area (Å²) in [6.45, 7) is 5.32. The van der Waals surface area contributed by atoms with E-state index in [1.54, 1.807) is 24.1 Å². The summed E-state index contributed by atoms with van der Waals surface area (Å²) in [6.07, 6.45) is 5.90. The van der Waals surface area contributed by atoms with Gasteiger partial charge in [0, 0.05) is 32.6 Å². The van der Waals surface area contributed by atoms with Crippen LogP contribution < -0.4 is 5.63 Å². The lowest BCUT2D eigenvalue weighted by Crippen LogP contribution is -2.36. The Balaban J connectivity index is 1.88. The monoisotopic (exact) mass is 359 g/mol. The van der Waals surface area contributed by atoms with Gasteiger partial charge in [0.15, 0.2) is 0 Å². The number of hydrogen-bond donors (Lipinski definition) is 0. The lowest BCUT2D eigenvalue weighted by Gasteiger charge is -2.22.